The molecule has 0 unspecified atom stereocenters. The number of fused-ring (bicyclic) bond motifs is 1. The Balaban J connectivity index is 1.69. The zero-order valence-corrected chi connectivity index (χ0v) is 13.6. The predicted octanol–water partition coefficient (Wildman–Crippen LogP) is 2.48. The first kappa shape index (κ1) is 15.5. The van der Waals surface area contributed by atoms with Crippen molar-refractivity contribution in [2.45, 2.75) is 18.2 Å². The molecule has 2 aromatic rings. The largest absolute Gasteiger partial charge is 0.352 e. The molecule has 1 aliphatic heterocycles. The Hall–Kier alpha value is -2.40. The monoisotopic (exact) mass is 327 g/mol. The van der Waals surface area contributed by atoms with Gasteiger partial charge in [-0.2, -0.15) is 0 Å². The van der Waals surface area contributed by atoms with Gasteiger partial charge < -0.3 is 5.32 Å². The van der Waals surface area contributed by atoms with Crippen LogP contribution in [0.4, 0.5) is 0 Å². The number of aryl methyl sites for hydroxylation is 1. The smallest absolute Gasteiger partial charge is 0.252 e. The molecular weight excluding hydrogens is 310 g/mol. The number of sulfone groups is 1. The molecule has 1 aliphatic rings. The van der Waals surface area contributed by atoms with Crippen LogP contribution in [0.5, 0.6) is 0 Å². The lowest BCUT2D eigenvalue weighted by Crippen LogP contribution is -2.26. The normalized spacial score (nSPS) is 14.9. The van der Waals surface area contributed by atoms with Crippen LogP contribution < -0.4 is 5.32 Å². The maximum absolute atomic E-state index is 12.3. The number of rotatable bonds is 4. The lowest BCUT2D eigenvalue weighted by molar-refractivity contribution is -0.115. The second-order valence-electron chi connectivity index (χ2n) is 5.56. The van der Waals surface area contributed by atoms with E-state index in [1.54, 1.807) is 18.2 Å². The third kappa shape index (κ3) is 3.19. The minimum absolute atomic E-state index is 0.198. The molecule has 1 N–H and O–H groups in total. The summed E-state index contributed by atoms with van der Waals surface area (Å²) in [4.78, 5) is 12.5. The van der Waals surface area contributed by atoms with Gasteiger partial charge in [0.15, 0.2) is 0 Å². The van der Waals surface area contributed by atoms with Crippen molar-refractivity contribution in [3.63, 3.8) is 0 Å². The van der Waals surface area contributed by atoms with Crippen molar-refractivity contribution in [3.8, 4) is 0 Å². The van der Waals surface area contributed by atoms with E-state index in [1.807, 2.05) is 31.2 Å². The highest BCUT2D eigenvalue weighted by Gasteiger charge is 2.29. The van der Waals surface area contributed by atoms with Gasteiger partial charge in [0.1, 0.15) is 0 Å². The summed E-state index contributed by atoms with van der Waals surface area (Å²) in [5, 5.41) is 3.85. The summed E-state index contributed by atoms with van der Waals surface area (Å²) >= 11 is 0. The Morgan fingerprint density at radius 1 is 1.04 bits per heavy atom. The molecule has 0 saturated carbocycles. The number of hydrogen-bond donors (Lipinski definition) is 1. The molecule has 1 heterocycles. The lowest BCUT2D eigenvalue weighted by Gasteiger charge is -2.07. The Morgan fingerprint density at radius 2 is 1.74 bits per heavy atom. The molecule has 0 fully saturated rings. The zero-order chi connectivity index (χ0) is 16.4. The number of benzene rings is 2. The fourth-order valence-electron chi connectivity index (χ4n) is 2.57. The lowest BCUT2D eigenvalue weighted by atomic mass is 10.1. The van der Waals surface area contributed by atoms with Crippen molar-refractivity contribution in [1.29, 1.82) is 0 Å². The van der Waals surface area contributed by atoms with Crippen LogP contribution in [0.1, 0.15) is 16.7 Å². The fourth-order valence-corrected chi connectivity index (χ4v) is 3.99. The van der Waals surface area contributed by atoms with Gasteiger partial charge in [0.25, 0.3) is 5.91 Å². The van der Waals surface area contributed by atoms with E-state index in [0.717, 1.165) is 11.0 Å². The average molecular weight is 327 g/mol. The summed E-state index contributed by atoms with van der Waals surface area (Å²) in [7, 11) is -3.50. The summed E-state index contributed by atoms with van der Waals surface area (Å²) in [6.07, 6.45) is 0.702. The summed E-state index contributed by atoms with van der Waals surface area (Å²) in [6, 6.07) is 14.7. The number of hydrogen-bond acceptors (Lipinski definition) is 3. The quantitative estimate of drug-likeness (QED) is 0.938. The van der Waals surface area contributed by atoms with Gasteiger partial charge in [-0.3, -0.25) is 4.79 Å². The van der Waals surface area contributed by atoms with Gasteiger partial charge in [0.2, 0.25) is 9.84 Å². The Labute approximate surface area is 135 Å². The first-order chi connectivity index (χ1) is 11.0. The SMILES string of the molecule is Cc1ccc(CCNC(=O)C2=CS(=O)(=O)c3ccccc32)cc1. The van der Waals surface area contributed by atoms with E-state index < -0.39 is 9.84 Å². The summed E-state index contributed by atoms with van der Waals surface area (Å²) in [6.45, 7) is 2.48. The van der Waals surface area contributed by atoms with Gasteiger partial charge in [0.05, 0.1) is 10.5 Å². The average Bonchev–Trinajstić information content (AvgIpc) is 2.81. The maximum atomic E-state index is 12.3. The van der Waals surface area contributed by atoms with Gasteiger partial charge in [0, 0.05) is 17.5 Å². The second kappa shape index (κ2) is 6.01. The van der Waals surface area contributed by atoms with Crippen molar-refractivity contribution in [2.75, 3.05) is 6.54 Å². The Morgan fingerprint density at radius 3 is 2.48 bits per heavy atom. The molecule has 4 nitrogen and oxygen atoms in total. The van der Waals surface area contributed by atoms with Crippen molar-refractivity contribution in [2.24, 2.45) is 0 Å². The van der Waals surface area contributed by atoms with Crippen LogP contribution in [0, 0.1) is 6.92 Å². The molecule has 0 radical (unpaired) electrons. The fraction of sp³-hybridized carbons (Fsp3) is 0.167. The van der Waals surface area contributed by atoms with Gasteiger partial charge >= 0.3 is 0 Å². The number of carbonyl (C=O) groups excluding carboxylic acids is 1. The van der Waals surface area contributed by atoms with Crippen molar-refractivity contribution in [3.05, 3.63) is 70.6 Å². The molecule has 118 valence electrons. The molecule has 0 aromatic heterocycles. The Bertz CT molecular complexity index is 881. The van der Waals surface area contributed by atoms with Crippen LogP contribution in [0.15, 0.2) is 58.8 Å². The summed E-state index contributed by atoms with van der Waals surface area (Å²) in [5.74, 6) is -0.356. The molecule has 0 spiro atoms. The molecule has 2 aromatic carbocycles. The first-order valence-electron chi connectivity index (χ1n) is 7.37. The van der Waals surface area contributed by atoms with E-state index in [1.165, 1.54) is 11.6 Å². The standard InChI is InChI=1S/C18H17NO3S/c1-13-6-8-14(9-7-13)10-11-19-18(20)16-12-23(21,22)17-5-3-2-4-15(16)17/h2-9,12H,10-11H2,1H3,(H,19,20). The third-order valence-electron chi connectivity index (χ3n) is 3.82. The minimum Gasteiger partial charge on any atom is -0.352 e. The van der Waals surface area contributed by atoms with Gasteiger partial charge in [-0.05, 0) is 25.0 Å². The molecule has 1 amide bonds. The first-order valence-corrected chi connectivity index (χ1v) is 8.92. The van der Waals surface area contributed by atoms with Crippen LogP contribution in [0.25, 0.3) is 5.57 Å². The zero-order valence-electron chi connectivity index (χ0n) is 12.7. The maximum Gasteiger partial charge on any atom is 0.252 e. The van der Waals surface area contributed by atoms with Crippen LogP contribution >= 0.6 is 0 Å². The summed E-state index contributed by atoms with van der Waals surface area (Å²) in [5.41, 5.74) is 3.00. The van der Waals surface area contributed by atoms with Crippen LogP contribution in [0.2, 0.25) is 0 Å². The van der Waals surface area contributed by atoms with Crippen molar-refractivity contribution >= 4 is 21.3 Å². The Kier molecular flexibility index (Phi) is 4.05. The number of amides is 1. The molecule has 0 atom stereocenters. The highest BCUT2D eigenvalue weighted by Crippen LogP contribution is 2.32. The second-order valence-corrected chi connectivity index (χ2v) is 7.33. The molecule has 5 heteroatoms. The van der Waals surface area contributed by atoms with Crippen LogP contribution in [0.3, 0.4) is 0 Å². The molecule has 0 bridgehead atoms. The van der Waals surface area contributed by atoms with Crippen LogP contribution in [-0.4, -0.2) is 20.9 Å². The van der Waals surface area contributed by atoms with Crippen LogP contribution in [-0.2, 0) is 21.1 Å². The minimum atomic E-state index is -3.50. The predicted molar refractivity (Wildman–Crippen MR) is 89.5 cm³/mol. The summed E-state index contributed by atoms with van der Waals surface area (Å²) < 4.78 is 24.1. The highest BCUT2D eigenvalue weighted by atomic mass is 32.2. The van der Waals surface area contributed by atoms with E-state index in [-0.39, 0.29) is 16.4 Å². The van der Waals surface area contributed by atoms with E-state index >= 15 is 0 Å². The third-order valence-corrected chi connectivity index (χ3v) is 5.34. The molecule has 0 aliphatic carbocycles. The van der Waals surface area contributed by atoms with Crippen molar-refractivity contribution < 1.29 is 13.2 Å². The van der Waals surface area contributed by atoms with Gasteiger partial charge in [-0.25, -0.2) is 8.42 Å². The van der Waals surface area contributed by atoms with Gasteiger partial charge in [-0.1, -0.05) is 48.0 Å². The van der Waals surface area contributed by atoms with Crippen molar-refractivity contribution in [1.82, 2.24) is 5.32 Å². The highest BCUT2D eigenvalue weighted by molar-refractivity contribution is 7.95. The molecular formula is C18H17NO3S. The molecule has 23 heavy (non-hydrogen) atoms. The molecule has 0 saturated heterocycles. The van der Waals surface area contributed by atoms with E-state index in [9.17, 15) is 13.2 Å². The number of nitrogens with one attached hydrogen (secondary N) is 1. The van der Waals surface area contributed by atoms with E-state index in [2.05, 4.69) is 5.32 Å². The van der Waals surface area contributed by atoms with Gasteiger partial charge in [-0.15, -0.1) is 0 Å². The van der Waals surface area contributed by atoms with E-state index in [4.69, 9.17) is 0 Å². The topological polar surface area (TPSA) is 63.2 Å². The van der Waals surface area contributed by atoms with E-state index in [0.29, 0.717) is 18.5 Å². The number of carbonyl (C=O) groups is 1. The molecule has 3 rings (SSSR count).